The van der Waals surface area contributed by atoms with E-state index in [1.165, 1.54) is 0 Å². The molecule has 0 aliphatic heterocycles. The first-order chi connectivity index (χ1) is 6.17. The fourth-order valence-corrected chi connectivity index (χ4v) is 2.01. The molecular formula is C10H10ClIO. The minimum Gasteiger partial charge on any atom is -0.303 e. The highest BCUT2D eigenvalue weighted by Gasteiger charge is 2.05. The van der Waals surface area contributed by atoms with E-state index in [1.54, 1.807) is 0 Å². The molecule has 0 bridgehead atoms. The van der Waals surface area contributed by atoms with E-state index in [4.69, 9.17) is 11.6 Å². The van der Waals surface area contributed by atoms with Crippen molar-refractivity contribution < 1.29 is 4.79 Å². The molecule has 3 heteroatoms. The zero-order valence-electron chi connectivity index (χ0n) is 7.26. The average molecular weight is 309 g/mol. The van der Waals surface area contributed by atoms with Crippen molar-refractivity contribution in [3.8, 4) is 0 Å². The van der Waals surface area contributed by atoms with Gasteiger partial charge in [0.1, 0.15) is 6.29 Å². The number of carbonyl (C=O) groups is 1. The van der Waals surface area contributed by atoms with E-state index >= 15 is 0 Å². The number of rotatable bonds is 3. The van der Waals surface area contributed by atoms with E-state index in [9.17, 15) is 4.79 Å². The number of halogens is 2. The van der Waals surface area contributed by atoms with Crippen molar-refractivity contribution in [2.75, 3.05) is 0 Å². The van der Waals surface area contributed by atoms with Crippen molar-refractivity contribution in [1.82, 2.24) is 0 Å². The van der Waals surface area contributed by atoms with Gasteiger partial charge < -0.3 is 4.79 Å². The first-order valence-electron chi connectivity index (χ1n) is 3.98. The van der Waals surface area contributed by atoms with E-state index in [1.807, 2.05) is 25.1 Å². The van der Waals surface area contributed by atoms with E-state index in [0.717, 1.165) is 21.0 Å². The second-order valence-corrected chi connectivity index (χ2v) is 4.46. The Morgan fingerprint density at radius 3 is 2.77 bits per heavy atom. The molecule has 0 amide bonds. The third-order valence-electron chi connectivity index (χ3n) is 1.86. The van der Waals surface area contributed by atoms with Crippen molar-refractivity contribution in [2.45, 2.75) is 18.7 Å². The van der Waals surface area contributed by atoms with Crippen LogP contribution in [0.3, 0.4) is 0 Å². The number of hydrogen-bond acceptors (Lipinski definition) is 1. The van der Waals surface area contributed by atoms with Crippen molar-refractivity contribution in [1.29, 1.82) is 0 Å². The van der Waals surface area contributed by atoms with Crippen LogP contribution in [0.2, 0.25) is 0 Å². The second-order valence-electron chi connectivity index (χ2n) is 2.95. The predicted octanol–water partition coefficient (Wildman–Crippen LogP) is 3.33. The fraction of sp³-hybridized carbons (Fsp3) is 0.300. The number of aldehydes is 1. The molecule has 0 aliphatic carbocycles. The molecule has 1 aromatic carbocycles. The highest BCUT2D eigenvalue weighted by molar-refractivity contribution is 14.1. The Labute approximate surface area is 96.6 Å². The molecule has 13 heavy (non-hydrogen) atoms. The monoisotopic (exact) mass is 308 g/mol. The minimum atomic E-state index is -0.0447. The van der Waals surface area contributed by atoms with Gasteiger partial charge in [-0.05, 0) is 45.9 Å². The average Bonchev–Trinajstić information content (AvgIpc) is 2.15. The molecule has 0 aliphatic rings. The molecule has 0 radical (unpaired) electrons. The molecule has 1 atom stereocenters. The van der Waals surface area contributed by atoms with Crippen LogP contribution in [0, 0.1) is 3.57 Å². The molecule has 0 aromatic heterocycles. The van der Waals surface area contributed by atoms with Gasteiger partial charge in [-0.15, -0.1) is 11.6 Å². The molecule has 1 aromatic rings. The Morgan fingerprint density at radius 2 is 2.23 bits per heavy atom. The van der Waals surface area contributed by atoms with E-state index in [2.05, 4.69) is 22.6 Å². The summed E-state index contributed by atoms with van der Waals surface area (Å²) in [6, 6.07) is 6.01. The summed E-state index contributed by atoms with van der Waals surface area (Å²) in [5.41, 5.74) is 2.11. The highest BCUT2D eigenvalue weighted by atomic mass is 127. The van der Waals surface area contributed by atoms with Crippen LogP contribution in [-0.4, -0.2) is 6.29 Å². The maximum atomic E-state index is 10.6. The Bertz CT molecular complexity index is 312. The maximum Gasteiger partial charge on any atom is 0.127 e. The van der Waals surface area contributed by atoms with E-state index in [-0.39, 0.29) is 5.92 Å². The maximum absolute atomic E-state index is 10.6. The van der Waals surface area contributed by atoms with Crippen LogP contribution in [0.4, 0.5) is 0 Å². The lowest BCUT2D eigenvalue weighted by Gasteiger charge is -2.06. The number of benzene rings is 1. The van der Waals surface area contributed by atoms with Crippen LogP contribution < -0.4 is 0 Å². The minimum absolute atomic E-state index is 0.0447. The molecule has 0 saturated heterocycles. The lowest BCUT2D eigenvalue weighted by atomic mass is 10.0. The van der Waals surface area contributed by atoms with Gasteiger partial charge in [0.25, 0.3) is 0 Å². The van der Waals surface area contributed by atoms with Crippen LogP contribution >= 0.6 is 34.2 Å². The zero-order chi connectivity index (χ0) is 9.84. The van der Waals surface area contributed by atoms with Crippen LogP contribution in [-0.2, 0) is 10.7 Å². The predicted molar refractivity (Wildman–Crippen MR) is 63.2 cm³/mol. The third-order valence-corrected chi connectivity index (χ3v) is 2.80. The molecule has 70 valence electrons. The topological polar surface area (TPSA) is 17.1 Å². The SMILES string of the molecule is CC(C=O)c1cc(I)cc(CCl)c1. The van der Waals surface area contributed by atoms with E-state index < -0.39 is 0 Å². The van der Waals surface area contributed by atoms with Gasteiger partial charge in [-0.1, -0.05) is 13.0 Å². The third kappa shape index (κ3) is 2.95. The quantitative estimate of drug-likeness (QED) is 0.475. The van der Waals surface area contributed by atoms with Crippen molar-refractivity contribution in [2.24, 2.45) is 0 Å². The Hall–Kier alpha value is -0.0900. The van der Waals surface area contributed by atoms with E-state index in [0.29, 0.717) is 5.88 Å². The molecule has 0 spiro atoms. The van der Waals surface area contributed by atoms with Crippen LogP contribution in [0.5, 0.6) is 0 Å². The van der Waals surface area contributed by atoms with Crippen LogP contribution in [0.1, 0.15) is 24.0 Å². The second kappa shape index (κ2) is 4.96. The number of hydrogen-bond donors (Lipinski definition) is 0. The summed E-state index contributed by atoms with van der Waals surface area (Å²) in [6.45, 7) is 1.89. The van der Waals surface area contributed by atoms with Gasteiger partial charge >= 0.3 is 0 Å². The Balaban J connectivity index is 3.07. The normalized spacial score (nSPS) is 12.5. The molecule has 0 N–H and O–H groups in total. The lowest BCUT2D eigenvalue weighted by Crippen LogP contribution is -1.96. The molecule has 0 saturated carbocycles. The fourth-order valence-electron chi connectivity index (χ4n) is 1.09. The summed E-state index contributed by atoms with van der Waals surface area (Å²) in [5.74, 6) is 0.451. The van der Waals surface area contributed by atoms with Crippen LogP contribution in [0.15, 0.2) is 18.2 Å². The first-order valence-corrected chi connectivity index (χ1v) is 5.59. The van der Waals surface area contributed by atoms with Crippen molar-refractivity contribution >= 4 is 40.5 Å². The van der Waals surface area contributed by atoms with Gasteiger partial charge in [-0.2, -0.15) is 0 Å². The van der Waals surface area contributed by atoms with Gasteiger partial charge in [-0.3, -0.25) is 0 Å². The summed E-state index contributed by atoms with van der Waals surface area (Å²) in [4.78, 5) is 10.6. The van der Waals surface area contributed by atoms with Gasteiger partial charge in [0.15, 0.2) is 0 Å². The Morgan fingerprint density at radius 1 is 1.54 bits per heavy atom. The zero-order valence-corrected chi connectivity index (χ0v) is 10.2. The van der Waals surface area contributed by atoms with Crippen molar-refractivity contribution in [3.63, 3.8) is 0 Å². The smallest absolute Gasteiger partial charge is 0.127 e. The highest BCUT2D eigenvalue weighted by Crippen LogP contribution is 2.19. The first kappa shape index (κ1) is 11.0. The summed E-state index contributed by atoms with van der Waals surface area (Å²) < 4.78 is 1.12. The summed E-state index contributed by atoms with van der Waals surface area (Å²) in [6.07, 6.45) is 0.948. The molecule has 1 nitrogen and oxygen atoms in total. The van der Waals surface area contributed by atoms with Gasteiger partial charge in [-0.25, -0.2) is 0 Å². The summed E-state index contributed by atoms with van der Waals surface area (Å²) >= 11 is 7.96. The Kier molecular flexibility index (Phi) is 4.19. The molecule has 0 heterocycles. The molecule has 0 fully saturated rings. The lowest BCUT2D eigenvalue weighted by molar-refractivity contribution is -0.108. The summed E-state index contributed by atoms with van der Waals surface area (Å²) in [7, 11) is 0. The standard InChI is InChI=1S/C10H10ClIO/c1-7(6-13)9-2-8(5-11)3-10(12)4-9/h2-4,6-7H,5H2,1H3. The molecular weight excluding hydrogens is 298 g/mol. The van der Waals surface area contributed by atoms with Gasteiger partial charge in [0.05, 0.1) is 0 Å². The largest absolute Gasteiger partial charge is 0.303 e. The molecule has 1 unspecified atom stereocenters. The number of carbonyl (C=O) groups excluding carboxylic acids is 1. The number of alkyl halides is 1. The van der Waals surface area contributed by atoms with Gasteiger partial charge in [0.2, 0.25) is 0 Å². The van der Waals surface area contributed by atoms with Crippen molar-refractivity contribution in [3.05, 3.63) is 32.9 Å². The molecule has 1 rings (SSSR count). The summed E-state index contributed by atoms with van der Waals surface area (Å²) in [5, 5.41) is 0. The van der Waals surface area contributed by atoms with Crippen LogP contribution in [0.25, 0.3) is 0 Å². The van der Waals surface area contributed by atoms with Gasteiger partial charge in [0, 0.05) is 15.4 Å².